The van der Waals surface area contributed by atoms with Crippen molar-refractivity contribution in [1.82, 2.24) is 4.98 Å². The molecule has 3 N–H and O–H groups in total. The molecule has 0 aliphatic rings. The Bertz CT molecular complexity index is 746. The monoisotopic (exact) mass is 299 g/mol. The van der Waals surface area contributed by atoms with Crippen LogP contribution in [-0.2, 0) is 10.0 Å². The first-order valence-electron chi connectivity index (χ1n) is 5.50. The number of sulfonamides is 1. The van der Waals surface area contributed by atoms with Crippen LogP contribution < -0.4 is 10.5 Å². The van der Waals surface area contributed by atoms with Crippen LogP contribution >= 0.6 is 0 Å². The lowest BCUT2D eigenvalue weighted by atomic mass is 10.3. The van der Waals surface area contributed by atoms with Gasteiger partial charge in [0.05, 0.1) is 11.9 Å². The van der Waals surface area contributed by atoms with Gasteiger partial charge in [-0.3, -0.25) is 9.71 Å². The Labute approximate surface area is 114 Å². The lowest BCUT2D eigenvalue weighted by molar-refractivity contribution is 0.557. The van der Waals surface area contributed by atoms with Crippen molar-refractivity contribution in [3.8, 4) is 0 Å². The highest BCUT2D eigenvalue weighted by atomic mass is 32.2. The fourth-order valence-corrected chi connectivity index (χ4v) is 2.63. The second-order valence-corrected chi connectivity index (χ2v) is 5.72. The highest BCUT2D eigenvalue weighted by Crippen LogP contribution is 2.24. The van der Waals surface area contributed by atoms with Gasteiger partial charge >= 0.3 is 0 Å². The Morgan fingerprint density at radius 3 is 2.50 bits per heavy atom. The first kappa shape index (κ1) is 14.2. The van der Waals surface area contributed by atoms with Crippen LogP contribution in [0.3, 0.4) is 0 Å². The van der Waals surface area contributed by atoms with Crippen molar-refractivity contribution in [1.29, 1.82) is 0 Å². The molecule has 1 aromatic heterocycles. The zero-order valence-corrected chi connectivity index (χ0v) is 11.2. The summed E-state index contributed by atoms with van der Waals surface area (Å²) in [6.07, 6.45) is 1.29. The van der Waals surface area contributed by atoms with E-state index >= 15 is 0 Å². The van der Waals surface area contributed by atoms with Crippen molar-refractivity contribution in [2.45, 2.75) is 11.8 Å². The lowest BCUT2D eigenvalue weighted by Crippen LogP contribution is -2.16. The molecule has 0 radical (unpaired) electrons. The van der Waals surface area contributed by atoms with Crippen LogP contribution in [0.2, 0.25) is 0 Å². The summed E-state index contributed by atoms with van der Waals surface area (Å²) in [6, 6.07) is 4.67. The standard InChI is InChI=1S/C12H11F2N3O2S/c1-7-2-3-8(6-16-7)17-20(18,19)10-5-4-9(13)12(15)11(10)14/h2-6,17H,15H2,1H3. The van der Waals surface area contributed by atoms with Gasteiger partial charge in [0.2, 0.25) is 0 Å². The van der Waals surface area contributed by atoms with E-state index in [0.29, 0.717) is 5.69 Å². The number of anilines is 2. The van der Waals surface area contributed by atoms with Crippen molar-refractivity contribution in [3.05, 3.63) is 47.8 Å². The van der Waals surface area contributed by atoms with E-state index in [1.165, 1.54) is 12.3 Å². The SMILES string of the molecule is Cc1ccc(NS(=O)(=O)c2ccc(F)c(N)c2F)cn1. The third-order valence-electron chi connectivity index (χ3n) is 2.54. The van der Waals surface area contributed by atoms with E-state index in [0.717, 1.165) is 12.1 Å². The highest BCUT2D eigenvalue weighted by molar-refractivity contribution is 7.92. The van der Waals surface area contributed by atoms with Crippen LogP contribution in [0.15, 0.2) is 35.4 Å². The number of rotatable bonds is 3. The van der Waals surface area contributed by atoms with Gasteiger partial charge in [0.15, 0.2) is 5.82 Å². The molecule has 0 aliphatic heterocycles. The maximum Gasteiger partial charge on any atom is 0.264 e. The third kappa shape index (κ3) is 2.69. The molecular weight excluding hydrogens is 288 g/mol. The van der Waals surface area contributed by atoms with E-state index in [2.05, 4.69) is 9.71 Å². The van der Waals surface area contributed by atoms with Gasteiger partial charge in [0.1, 0.15) is 16.4 Å². The average Bonchev–Trinajstić information content (AvgIpc) is 2.38. The molecule has 8 heteroatoms. The van der Waals surface area contributed by atoms with Crippen LogP contribution in [-0.4, -0.2) is 13.4 Å². The molecule has 0 saturated carbocycles. The van der Waals surface area contributed by atoms with E-state index in [1.807, 2.05) is 0 Å². The van der Waals surface area contributed by atoms with E-state index in [4.69, 9.17) is 5.73 Å². The van der Waals surface area contributed by atoms with Crippen molar-refractivity contribution >= 4 is 21.4 Å². The number of aromatic nitrogens is 1. The lowest BCUT2D eigenvalue weighted by Gasteiger charge is -2.10. The number of hydrogen-bond donors (Lipinski definition) is 2. The summed E-state index contributed by atoms with van der Waals surface area (Å²) in [5.74, 6) is -2.34. The van der Waals surface area contributed by atoms with Crippen molar-refractivity contribution in [3.63, 3.8) is 0 Å². The van der Waals surface area contributed by atoms with Crippen LogP contribution in [0.25, 0.3) is 0 Å². The smallest absolute Gasteiger partial charge is 0.264 e. The van der Waals surface area contributed by atoms with Gasteiger partial charge in [0, 0.05) is 5.69 Å². The molecule has 0 fully saturated rings. The first-order chi connectivity index (χ1) is 9.31. The van der Waals surface area contributed by atoms with E-state index in [1.54, 1.807) is 13.0 Å². The molecule has 1 heterocycles. The molecule has 20 heavy (non-hydrogen) atoms. The number of nitrogens with zero attached hydrogens (tertiary/aromatic N) is 1. The largest absolute Gasteiger partial charge is 0.394 e. The fraction of sp³-hybridized carbons (Fsp3) is 0.0833. The van der Waals surface area contributed by atoms with Gasteiger partial charge < -0.3 is 5.73 Å². The van der Waals surface area contributed by atoms with Gasteiger partial charge in [-0.1, -0.05) is 0 Å². The van der Waals surface area contributed by atoms with Crippen LogP contribution in [0.1, 0.15) is 5.69 Å². The molecule has 0 amide bonds. The number of hydrogen-bond acceptors (Lipinski definition) is 4. The number of aryl methyl sites for hydroxylation is 1. The van der Waals surface area contributed by atoms with Crippen LogP contribution in [0.5, 0.6) is 0 Å². The van der Waals surface area contributed by atoms with Gasteiger partial charge in [-0.15, -0.1) is 0 Å². The Kier molecular flexibility index (Phi) is 3.58. The average molecular weight is 299 g/mol. The van der Waals surface area contributed by atoms with E-state index in [-0.39, 0.29) is 5.69 Å². The zero-order chi connectivity index (χ0) is 14.9. The summed E-state index contributed by atoms with van der Waals surface area (Å²) in [6.45, 7) is 1.73. The number of nitrogens with two attached hydrogens (primary N) is 1. The van der Waals surface area contributed by atoms with Crippen molar-refractivity contribution in [2.24, 2.45) is 0 Å². The predicted molar refractivity (Wildman–Crippen MR) is 70.6 cm³/mol. The van der Waals surface area contributed by atoms with Crippen LogP contribution in [0.4, 0.5) is 20.2 Å². The second kappa shape index (κ2) is 5.04. The quantitative estimate of drug-likeness (QED) is 0.849. The van der Waals surface area contributed by atoms with Gasteiger partial charge in [0.25, 0.3) is 10.0 Å². The van der Waals surface area contributed by atoms with Gasteiger partial charge in [-0.25, -0.2) is 17.2 Å². The van der Waals surface area contributed by atoms with Crippen molar-refractivity contribution < 1.29 is 17.2 Å². The molecule has 106 valence electrons. The molecule has 0 unspecified atom stereocenters. The van der Waals surface area contributed by atoms with Gasteiger partial charge in [-0.05, 0) is 31.2 Å². The maximum absolute atomic E-state index is 13.7. The molecule has 0 atom stereocenters. The van der Waals surface area contributed by atoms with Gasteiger partial charge in [-0.2, -0.15) is 0 Å². The molecule has 2 rings (SSSR count). The maximum atomic E-state index is 13.7. The highest BCUT2D eigenvalue weighted by Gasteiger charge is 2.22. The molecule has 0 aliphatic carbocycles. The van der Waals surface area contributed by atoms with Crippen LogP contribution in [0, 0.1) is 18.6 Å². The molecule has 0 bridgehead atoms. The topological polar surface area (TPSA) is 85.1 Å². The number of nitrogen functional groups attached to an aromatic ring is 1. The Morgan fingerprint density at radius 2 is 1.90 bits per heavy atom. The minimum Gasteiger partial charge on any atom is -0.394 e. The second-order valence-electron chi connectivity index (χ2n) is 4.07. The zero-order valence-electron chi connectivity index (χ0n) is 10.4. The summed E-state index contributed by atoms with van der Waals surface area (Å²) >= 11 is 0. The molecule has 2 aromatic rings. The molecular formula is C12H11F2N3O2S. The Hall–Kier alpha value is -2.22. The van der Waals surface area contributed by atoms with E-state index < -0.39 is 32.2 Å². The Balaban J connectivity index is 2.41. The fourth-order valence-electron chi connectivity index (χ4n) is 1.50. The van der Waals surface area contributed by atoms with E-state index in [9.17, 15) is 17.2 Å². The minimum atomic E-state index is -4.21. The van der Waals surface area contributed by atoms with Crippen molar-refractivity contribution in [2.75, 3.05) is 10.5 Å². The third-order valence-corrected chi connectivity index (χ3v) is 3.94. The molecule has 0 saturated heterocycles. The first-order valence-corrected chi connectivity index (χ1v) is 6.98. The number of nitrogens with one attached hydrogen (secondary N) is 1. The normalized spacial score (nSPS) is 11.3. The molecule has 5 nitrogen and oxygen atoms in total. The summed E-state index contributed by atoms with van der Waals surface area (Å²) in [4.78, 5) is 3.18. The number of halogens is 2. The molecule has 0 spiro atoms. The summed E-state index contributed by atoms with van der Waals surface area (Å²) < 4.78 is 52.9. The number of pyridine rings is 1. The summed E-state index contributed by atoms with van der Waals surface area (Å²) in [5.41, 5.74) is 5.16. The summed E-state index contributed by atoms with van der Waals surface area (Å²) in [5, 5.41) is 0. The Morgan fingerprint density at radius 1 is 1.20 bits per heavy atom. The number of benzene rings is 1. The molecule has 1 aromatic carbocycles. The summed E-state index contributed by atoms with van der Waals surface area (Å²) in [7, 11) is -4.21. The minimum absolute atomic E-state index is 0.165. The predicted octanol–water partition coefficient (Wildman–Crippen LogP) is 2.05.